The molecule has 1 heterocycles. The third-order valence-corrected chi connectivity index (χ3v) is 5.69. The van der Waals surface area contributed by atoms with Crippen molar-refractivity contribution in [3.8, 4) is 0 Å². The lowest BCUT2D eigenvalue weighted by Crippen LogP contribution is -2.63. The highest BCUT2D eigenvalue weighted by atomic mass is 16.5. The predicted octanol–water partition coefficient (Wildman–Crippen LogP) is 1.69. The van der Waals surface area contributed by atoms with E-state index >= 15 is 0 Å². The van der Waals surface area contributed by atoms with Crippen LogP contribution in [0.5, 0.6) is 0 Å². The summed E-state index contributed by atoms with van der Waals surface area (Å²) < 4.78 is 5.62. The van der Waals surface area contributed by atoms with Crippen LogP contribution in [0.25, 0.3) is 0 Å². The Hall–Kier alpha value is -0.160. The Morgan fingerprint density at radius 3 is 2.55 bits per heavy atom. The number of methoxy groups -OCH3 is 1. The van der Waals surface area contributed by atoms with Gasteiger partial charge >= 0.3 is 0 Å². The van der Waals surface area contributed by atoms with Crippen LogP contribution in [-0.4, -0.2) is 67.3 Å². The van der Waals surface area contributed by atoms with E-state index in [0.29, 0.717) is 12.1 Å². The van der Waals surface area contributed by atoms with Crippen LogP contribution < -0.4 is 5.73 Å². The number of ether oxygens (including phenoxy) is 1. The molecule has 2 rings (SSSR count). The molecule has 4 nitrogen and oxygen atoms in total. The average molecular weight is 283 g/mol. The fraction of sp³-hybridized carbons (Fsp3) is 1.00. The highest BCUT2D eigenvalue weighted by Gasteiger charge is 2.41. The molecule has 1 saturated carbocycles. The van der Waals surface area contributed by atoms with Crippen molar-refractivity contribution in [1.29, 1.82) is 0 Å². The van der Waals surface area contributed by atoms with Crippen molar-refractivity contribution in [3.05, 3.63) is 0 Å². The van der Waals surface area contributed by atoms with Gasteiger partial charge in [0.2, 0.25) is 0 Å². The Labute approximate surface area is 124 Å². The van der Waals surface area contributed by atoms with Gasteiger partial charge in [-0.15, -0.1) is 0 Å². The van der Waals surface area contributed by atoms with Crippen molar-refractivity contribution in [3.63, 3.8) is 0 Å². The van der Waals surface area contributed by atoms with E-state index in [1.54, 1.807) is 0 Å². The highest BCUT2D eigenvalue weighted by Crippen LogP contribution is 2.35. The van der Waals surface area contributed by atoms with E-state index in [2.05, 4.69) is 23.6 Å². The Morgan fingerprint density at radius 1 is 1.30 bits per heavy atom. The van der Waals surface area contributed by atoms with Gasteiger partial charge in [0.1, 0.15) is 0 Å². The number of hydrogen-bond donors (Lipinski definition) is 1. The average Bonchev–Trinajstić information content (AvgIpc) is 2.54. The van der Waals surface area contributed by atoms with E-state index in [4.69, 9.17) is 10.5 Å². The second-order valence-corrected chi connectivity index (χ2v) is 6.66. The van der Waals surface area contributed by atoms with Gasteiger partial charge in [-0.3, -0.25) is 9.80 Å². The van der Waals surface area contributed by atoms with Crippen molar-refractivity contribution in [2.75, 3.05) is 39.8 Å². The molecular weight excluding hydrogens is 250 g/mol. The standard InChI is InChI=1S/C16H33N3O/c1-4-14(2)18-8-10-19(11-9-18)16(13-17)7-5-6-15(12-16)20-3/h14-15H,4-13,17H2,1-3H3. The topological polar surface area (TPSA) is 41.7 Å². The van der Waals surface area contributed by atoms with Crippen LogP contribution in [0.2, 0.25) is 0 Å². The molecule has 0 amide bonds. The molecular formula is C16H33N3O. The SMILES string of the molecule is CCC(C)N1CCN(C2(CN)CCCC(OC)C2)CC1. The summed E-state index contributed by atoms with van der Waals surface area (Å²) in [7, 11) is 1.85. The quantitative estimate of drug-likeness (QED) is 0.834. The van der Waals surface area contributed by atoms with Crippen LogP contribution in [0.3, 0.4) is 0 Å². The molecule has 0 aromatic heterocycles. The third-order valence-electron chi connectivity index (χ3n) is 5.69. The molecule has 1 aliphatic carbocycles. The van der Waals surface area contributed by atoms with Gasteiger partial charge < -0.3 is 10.5 Å². The molecule has 3 atom stereocenters. The Morgan fingerprint density at radius 2 is 2.00 bits per heavy atom. The van der Waals surface area contributed by atoms with Gasteiger partial charge in [0.05, 0.1) is 6.10 Å². The number of piperazine rings is 1. The van der Waals surface area contributed by atoms with Crippen LogP contribution in [0.1, 0.15) is 46.0 Å². The van der Waals surface area contributed by atoms with E-state index in [0.717, 1.165) is 26.1 Å². The monoisotopic (exact) mass is 283 g/mol. The van der Waals surface area contributed by atoms with Gasteiger partial charge in [-0.05, 0) is 39.0 Å². The van der Waals surface area contributed by atoms with E-state index in [9.17, 15) is 0 Å². The summed E-state index contributed by atoms with van der Waals surface area (Å²) in [5.74, 6) is 0. The van der Waals surface area contributed by atoms with Crippen LogP contribution >= 0.6 is 0 Å². The smallest absolute Gasteiger partial charge is 0.0589 e. The van der Waals surface area contributed by atoms with Crippen molar-refractivity contribution < 1.29 is 4.74 Å². The van der Waals surface area contributed by atoms with Gasteiger partial charge in [0, 0.05) is 51.4 Å². The fourth-order valence-electron chi connectivity index (χ4n) is 3.98. The molecule has 0 aromatic carbocycles. The Balaban J connectivity index is 1.96. The first-order valence-electron chi connectivity index (χ1n) is 8.37. The summed E-state index contributed by atoms with van der Waals surface area (Å²) in [5.41, 5.74) is 6.39. The Kier molecular flexibility index (Phi) is 5.84. The molecule has 2 aliphatic rings. The number of rotatable bonds is 5. The molecule has 2 fully saturated rings. The summed E-state index contributed by atoms with van der Waals surface area (Å²) in [5, 5.41) is 0. The second kappa shape index (κ2) is 7.21. The van der Waals surface area contributed by atoms with Crippen LogP contribution in [-0.2, 0) is 4.74 Å². The summed E-state index contributed by atoms with van der Waals surface area (Å²) in [6.07, 6.45) is 6.45. The zero-order chi connectivity index (χ0) is 14.6. The largest absolute Gasteiger partial charge is 0.381 e. The molecule has 4 heteroatoms. The normalized spacial score (nSPS) is 35.1. The minimum atomic E-state index is 0.195. The van der Waals surface area contributed by atoms with Gasteiger partial charge in [-0.25, -0.2) is 0 Å². The molecule has 20 heavy (non-hydrogen) atoms. The van der Waals surface area contributed by atoms with Gasteiger partial charge in [-0.1, -0.05) is 6.92 Å². The number of nitrogens with two attached hydrogens (primary N) is 1. The third kappa shape index (κ3) is 3.35. The van der Waals surface area contributed by atoms with E-state index in [1.807, 2.05) is 7.11 Å². The maximum absolute atomic E-state index is 6.20. The molecule has 0 bridgehead atoms. The summed E-state index contributed by atoms with van der Waals surface area (Å²) in [6.45, 7) is 10.1. The molecule has 3 unspecified atom stereocenters. The highest BCUT2D eigenvalue weighted by molar-refractivity contribution is 4.98. The van der Waals surface area contributed by atoms with Crippen molar-refractivity contribution in [2.45, 2.75) is 63.6 Å². The lowest BCUT2D eigenvalue weighted by atomic mass is 9.78. The molecule has 1 aliphatic heterocycles. The first kappa shape index (κ1) is 16.2. The van der Waals surface area contributed by atoms with Gasteiger partial charge in [0.15, 0.2) is 0 Å². The van der Waals surface area contributed by atoms with Crippen LogP contribution in [0.4, 0.5) is 0 Å². The van der Waals surface area contributed by atoms with Crippen LogP contribution in [0, 0.1) is 0 Å². The second-order valence-electron chi connectivity index (χ2n) is 6.66. The molecule has 0 aromatic rings. The number of nitrogens with zero attached hydrogens (tertiary/aromatic N) is 2. The first-order chi connectivity index (χ1) is 9.65. The molecule has 0 spiro atoms. The molecule has 118 valence electrons. The van der Waals surface area contributed by atoms with E-state index < -0.39 is 0 Å². The predicted molar refractivity (Wildman–Crippen MR) is 83.9 cm³/mol. The fourth-order valence-corrected chi connectivity index (χ4v) is 3.98. The zero-order valence-corrected chi connectivity index (χ0v) is 13.6. The van der Waals surface area contributed by atoms with Crippen molar-refractivity contribution in [1.82, 2.24) is 9.80 Å². The van der Waals surface area contributed by atoms with Gasteiger partial charge in [-0.2, -0.15) is 0 Å². The minimum Gasteiger partial charge on any atom is -0.381 e. The minimum absolute atomic E-state index is 0.195. The van der Waals surface area contributed by atoms with Crippen molar-refractivity contribution >= 4 is 0 Å². The lowest BCUT2D eigenvalue weighted by molar-refractivity contribution is -0.0436. The first-order valence-corrected chi connectivity index (χ1v) is 8.37. The summed E-state index contributed by atoms with van der Waals surface area (Å²) >= 11 is 0. The summed E-state index contributed by atoms with van der Waals surface area (Å²) in [4.78, 5) is 5.29. The van der Waals surface area contributed by atoms with E-state index in [1.165, 1.54) is 38.8 Å². The zero-order valence-electron chi connectivity index (χ0n) is 13.6. The van der Waals surface area contributed by atoms with Crippen molar-refractivity contribution in [2.24, 2.45) is 5.73 Å². The maximum Gasteiger partial charge on any atom is 0.0589 e. The molecule has 0 radical (unpaired) electrons. The number of hydrogen-bond acceptors (Lipinski definition) is 4. The van der Waals surface area contributed by atoms with E-state index in [-0.39, 0.29) is 5.54 Å². The molecule has 2 N–H and O–H groups in total. The van der Waals surface area contributed by atoms with Crippen LogP contribution in [0.15, 0.2) is 0 Å². The summed E-state index contributed by atoms with van der Waals surface area (Å²) in [6, 6.07) is 0.712. The van der Waals surface area contributed by atoms with Gasteiger partial charge in [0.25, 0.3) is 0 Å². The molecule has 1 saturated heterocycles. The lowest BCUT2D eigenvalue weighted by Gasteiger charge is -2.51. The maximum atomic E-state index is 6.20. The Bertz CT molecular complexity index is 291.